The highest BCUT2D eigenvalue weighted by Crippen LogP contribution is 2.21. The van der Waals surface area contributed by atoms with Gasteiger partial charge in [0.25, 0.3) is 0 Å². The van der Waals surface area contributed by atoms with Crippen molar-refractivity contribution in [3.05, 3.63) is 70.6 Å². The van der Waals surface area contributed by atoms with Gasteiger partial charge in [0.05, 0.1) is 0 Å². The number of aliphatic carboxylic acids is 1. The number of carboxylic acid groups (broad SMARTS) is 1. The molecule has 2 rings (SSSR count). The van der Waals surface area contributed by atoms with Crippen molar-refractivity contribution in [3.8, 4) is 11.5 Å². The van der Waals surface area contributed by atoms with E-state index in [1.807, 2.05) is 30.3 Å². The zero-order chi connectivity index (χ0) is 15.1. The minimum absolute atomic E-state index is 0.144. The Labute approximate surface area is 121 Å². The summed E-state index contributed by atoms with van der Waals surface area (Å²) < 4.78 is 5.63. The normalized spacial score (nSPS) is 11.2. The summed E-state index contributed by atoms with van der Waals surface area (Å²) in [4.78, 5) is 13.5. The fourth-order valence-electron chi connectivity index (χ4n) is 1.78. The maximum atomic E-state index is 10.9. The van der Waals surface area contributed by atoms with Gasteiger partial charge in [-0.05, 0) is 41.8 Å². The Kier molecular flexibility index (Phi) is 4.79. The van der Waals surface area contributed by atoms with E-state index in [0.717, 1.165) is 11.3 Å². The molecule has 1 N–H and O–H groups in total. The zero-order valence-electron chi connectivity index (χ0n) is 11.1. The van der Waals surface area contributed by atoms with Crippen LogP contribution in [0.1, 0.15) is 5.56 Å². The van der Waals surface area contributed by atoms with Crippen LogP contribution in [-0.4, -0.2) is 17.1 Å². The van der Waals surface area contributed by atoms with Crippen LogP contribution in [0, 0.1) is 0 Å². The Morgan fingerprint density at radius 3 is 2.33 bits per heavy atom. The minimum atomic E-state index is -1.14. The predicted molar refractivity (Wildman–Crippen MR) is 77.2 cm³/mol. The molecule has 0 aromatic heterocycles. The number of carboxylic acids is 1. The van der Waals surface area contributed by atoms with Crippen LogP contribution < -0.4 is 4.74 Å². The number of carbonyl (C=O) groups is 1. The summed E-state index contributed by atoms with van der Waals surface area (Å²) in [6.45, 7) is 0. The second-order valence-corrected chi connectivity index (χ2v) is 4.32. The van der Waals surface area contributed by atoms with Crippen LogP contribution in [0.5, 0.6) is 11.5 Å². The number of ether oxygens (including phenoxy) is 1. The Bertz CT molecular complexity index is 648. The van der Waals surface area contributed by atoms with Crippen molar-refractivity contribution in [2.45, 2.75) is 12.5 Å². The molecule has 0 fully saturated rings. The number of azide groups is 1. The molecule has 6 heteroatoms. The van der Waals surface area contributed by atoms with Gasteiger partial charge in [-0.25, -0.2) is 0 Å². The standard InChI is InChI=1S/C15H13N3O3/c16-18-17-14(15(19)20)10-11-6-8-13(9-7-11)21-12-4-2-1-3-5-12/h1-9,14H,10H2,(H,19,20). The molecule has 0 amide bonds. The van der Waals surface area contributed by atoms with Gasteiger partial charge >= 0.3 is 5.97 Å². The lowest BCUT2D eigenvalue weighted by Crippen LogP contribution is -2.19. The molecule has 0 aliphatic heterocycles. The van der Waals surface area contributed by atoms with Gasteiger partial charge in [0.2, 0.25) is 0 Å². The topological polar surface area (TPSA) is 95.3 Å². The first-order valence-corrected chi connectivity index (χ1v) is 6.28. The van der Waals surface area contributed by atoms with Crippen LogP contribution in [0.2, 0.25) is 0 Å². The van der Waals surface area contributed by atoms with E-state index in [2.05, 4.69) is 10.0 Å². The van der Waals surface area contributed by atoms with E-state index in [1.54, 1.807) is 24.3 Å². The van der Waals surface area contributed by atoms with Crippen LogP contribution >= 0.6 is 0 Å². The molecule has 0 aliphatic carbocycles. The second-order valence-electron chi connectivity index (χ2n) is 4.32. The third-order valence-corrected chi connectivity index (χ3v) is 2.81. The highest BCUT2D eigenvalue weighted by Gasteiger charge is 2.15. The van der Waals surface area contributed by atoms with Gasteiger partial charge in [0.15, 0.2) is 0 Å². The van der Waals surface area contributed by atoms with E-state index in [0.29, 0.717) is 5.75 Å². The van der Waals surface area contributed by atoms with Gasteiger partial charge in [0, 0.05) is 4.91 Å². The average molecular weight is 283 g/mol. The first kappa shape index (κ1) is 14.4. The highest BCUT2D eigenvalue weighted by atomic mass is 16.5. The van der Waals surface area contributed by atoms with E-state index >= 15 is 0 Å². The molecule has 6 nitrogen and oxygen atoms in total. The van der Waals surface area contributed by atoms with Gasteiger partial charge in [-0.15, -0.1) is 0 Å². The quantitative estimate of drug-likeness (QED) is 0.496. The van der Waals surface area contributed by atoms with Gasteiger partial charge in [0.1, 0.15) is 17.5 Å². The van der Waals surface area contributed by atoms with Crippen molar-refractivity contribution in [2.24, 2.45) is 5.11 Å². The van der Waals surface area contributed by atoms with Crippen LogP contribution in [0.3, 0.4) is 0 Å². The van der Waals surface area contributed by atoms with Crippen molar-refractivity contribution in [1.82, 2.24) is 0 Å². The van der Waals surface area contributed by atoms with E-state index in [1.165, 1.54) is 0 Å². The lowest BCUT2D eigenvalue weighted by atomic mass is 10.1. The Morgan fingerprint density at radius 1 is 1.14 bits per heavy atom. The van der Waals surface area contributed by atoms with Crippen LogP contribution in [0.15, 0.2) is 59.7 Å². The molecular formula is C15H13N3O3. The van der Waals surface area contributed by atoms with E-state index in [9.17, 15) is 4.79 Å². The molecule has 0 bridgehead atoms. The summed E-state index contributed by atoms with van der Waals surface area (Å²) in [5, 5.41) is 12.2. The largest absolute Gasteiger partial charge is 0.481 e. The summed E-state index contributed by atoms with van der Waals surface area (Å²) in [6.07, 6.45) is 0.144. The molecule has 0 aliphatic rings. The Hall–Kier alpha value is -2.98. The molecule has 21 heavy (non-hydrogen) atoms. The van der Waals surface area contributed by atoms with Gasteiger partial charge in [-0.2, -0.15) is 0 Å². The van der Waals surface area contributed by atoms with Crippen LogP contribution in [-0.2, 0) is 11.2 Å². The molecule has 106 valence electrons. The summed E-state index contributed by atoms with van der Waals surface area (Å²) >= 11 is 0. The molecule has 0 radical (unpaired) electrons. The Morgan fingerprint density at radius 2 is 1.76 bits per heavy atom. The van der Waals surface area contributed by atoms with E-state index in [4.69, 9.17) is 15.4 Å². The summed E-state index contributed by atoms with van der Waals surface area (Å²) in [6, 6.07) is 15.2. The first-order chi connectivity index (χ1) is 10.2. The van der Waals surface area contributed by atoms with E-state index < -0.39 is 12.0 Å². The van der Waals surface area contributed by atoms with Gasteiger partial charge < -0.3 is 9.84 Å². The number of rotatable bonds is 6. The third-order valence-electron chi connectivity index (χ3n) is 2.81. The lowest BCUT2D eigenvalue weighted by molar-refractivity contribution is -0.138. The minimum Gasteiger partial charge on any atom is -0.481 e. The summed E-state index contributed by atoms with van der Waals surface area (Å²) in [7, 11) is 0. The molecule has 0 spiro atoms. The summed E-state index contributed by atoms with van der Waals surface area (Å²) in [5.74, 6) is 0.237. The number of hydrogen-bond donors (Lipinski definition) is 1. The lowest BCUT2D eigenvalue weighted by Gasteiger charge is -2.08. The maximum Gasteiger partial charge on any atom is 0.312 e. The number of hydrogen-bond acceptors (Lipinski definition) is 3. The first-order valence-electron chi connectivity index (χ1n) is 6.28. The van der Waals surface area contributed by atoms with E-state index in [-0.39, 0.29) is 6.42 Å². The predicted octanol–water partition coefficient (Wildman–Crippen LogP) is 3.78. The van der Waals surface area contributed by atoms with Crippen LogP contribution in [0.25, 0.3) is 10.4 Å². The fourth-order valence-corrected chi connectivity index (χ4v) is 1.78. The number of benzene rings is 2. The molecule has 2 aromatic carbocycles. The van der Waals surface area contributed by atoms with Gasteiger partial charge in [-0.3, -0.25) is 4.79 Å². The summed E-state index contributed by atoms with van der Waals surface area (Å²) in [5.41, 5.74) is 9.11. The molecule has 0 saturated carbocycles. The molecular weight excluding hydrogens is 270 g/mol. The fraction of sp³-hybridized carbons (Fsp3) is 0.133. The van der Waals surface area contributed by atoms with Crippen molar-refractivity contribution in [2.75, 3.05) is 0 Å². The number of para-hydroxylation sites is 1. The third kappa shape index (κ3) is 4.26. The molecule has 1 unspecified atom stereocenters. The smallest absolute Gasteiger partial charge is 0.312 e. The zero-order valence-corrected chi connectivity index (χ0v) is 11.1. The highest BCUT2D eigenvalue weighted by molar-refractivity contribution is 5.74. The van der Waals surface area contributed by atoms with Crippen molar-refractivity contribution in [3.63, 3.8) is 0 Å². The second kappa shape index (κ2) is 6.98. The molecule has 0 heterocycles. The molecule has 1 atom stereocenters. The van der Waals surface area contributed by atoms with Crippen molar-refractivity contribution in [1.29, 1.82) is 0 Å². The van der Waals surface area contributed by atoms with Crippen LogP contribution in [0.4, 0.5) is 0 Å². The molecule has 2 aromatic rings. The van der Waals surface area contributed by atoms with Crippen molar-refractivity contribution < 1.29 is 14.6 Å². The average Bonchev–Trinajstić information content (AvgIpc) is 2.49. The molecule has 0 saturated heterocycles. The van der Waals surface area contributed by atoms with Crippen molar-refractivity contribution >= 4 is 5.97 Å². The maximum absolute atomic E-state index is 10.9. The number of nitrogens with zero attached hydrogens (tertiary/aromatic N) is 3. The van der Waals surface area contributed by atoms with Gasteiger partial charge in [-0.1, -0.05) is 35.4 Å². The SMILES string of the molecule is [N-]=[N+]=NC(Cc1ccc(Oc2ccccc2)cc1)C(=O)O. The monoisotopic (exact) mass is 283 g/mol. The Balaban J connectivity index is 2.05.